The van der Waals surface area contributed by atoms with Gasteiger partial charge in [0.25, 0.3) is 0 Å². The monoisotopic (exact) mass is 292 g/mol. The smallest absolute Gasteiger partial charge is 0.119 e. The van der Waals surface area contributed by atoms with Crippen molar-refractivity contribution < 1.29 is 4.74 Å². The van der Waals surface area contributed by atoms with Gasteiger partial charge in [-0.3, -0.25) is 0 Å². The fourth-order valence-corrected chi connectivity index (χ4v) is 2.31. The zero-order chi connectivity index (χ0) is 15.8. The molecular formula is C21H24O. The summed E-state index contributed by atoms with van der Waals surface area (Å²) < 4.78 is 5.50. The van der Waals surface area contributed by atoms with Gasteiger partial charge in [-0.1, -0.05) is 37.3 Å². The molecule has 0 saturated carbocycles. The normalized spacial score (nSPS) is 9.95. The van der Waals surface area contributed by atoms with Gasteiger partial charge in [0, 0.05) is 11.1 Å². The second kappa shape index (κ2) is 8.29. The molecule has 1 nitrogen and oxygen atoms in total. The highest BCUT2D eigenvalue weighted by atomic mass is 16.5. The van der Waals surface area contributed by atoms with E-state index in [1.807, 2.05) is 25.1 Å². The molecule has 0 heterocycles. The lowest BCUT2D eigenvalue weighted by molar-refractivity contribution is 0.340. The first-order valence-electron chi connectivity index (χ1n) is 8.07. The van der Waals surface area contributed by atoms with E-state index in [4.69, 9.17) is 4.74 Å². The molecule has 0 N–H and O–H groups in total. The molecular weight excluding hydrogens is 268 g/mol. The maximum Gasteiger partial charge on any atom is 0.119 e. The number of hydrogen-bond donors (Lipinski definition) is 0. The van der Waals surface area contributed by atoms with Crippen LogP contribution in [0, 0.1) is 18.8 Å². The molecule has 0 radical (unpaired) electrons. The molecule has 0 fully saturated rings. The number of rotatable bonds is 5. The second-order valence-corrected chi connectivity index (χ2v) is 5.46. The van der Waals surface area contributed by atoms with E-state index in [2.05, 4.69) is 50.0 Å². The number of aryl methyl sites for hydroxylation is 2. The molecule has 2 aromatic carbocycles. The number of unbranched alkanes of at least 4 members (excludes halogenated alkanes) is 1. The Hall–Kier alpha value is -2.20. The van der Waals surface area contributed by atoms with E-state index in [0.29, 0.717) is 6.61 Å². The summed E-state index contributed by atoms with van der Waals surface area (Å²) in [4.78, 5) is 0. The van der Waals surface area contributed by atoms with Crippen LogP contribution in [0.25, 0.3) is 0 Å². The Balaban J connectivity index is 2.09. The Morgan fingerprint density at radius 3 is 2.36 bits per heavy atom. The largest absolute Gasteiger partial charge is 0.494 e. The van der Waals surface area contributed by atoms with E-state index in [1.54, 1.807) is 0 Å². The van der Waals surface area contributed by atoms with Gasteiger partial charge in [-0.15, -0.1) is 0 Å². The van der Waals surface area contributed by atoms with Crippen LogP contribution in [-0.4, -0.2) is 6.61 Å². The van der Waals surface area contributed by atoms with Crippen LogP contribution in [-0.2, 0) is 6.42 Å². The van der Waals surface area contributed by atoms with Crippen LogP contribution in [0.4, 0.5) is 0 Å². The Bertz CT molecular complexity index is 657. The topological polar surface area (TPSA) is 9.23 Å². The third kappa shape index (κ3) is 4.67. The standard InChI is InChI=1S/C21H24O/c1-4-6-7-18-8-10-19(11-9-18)12-13-20-14-15-21(22-5-2)16-17(20)3/h8-11,14-16H,4-7H2,1-3H3. The van der Waals surface area contributed by atoms with Gasteiger partial charge in [-0.05, 0) is 68.1 Å². The van der Waals surface area contributed by atoms with E-state index in [0.717, 1.165) is 28.9 Å². The van der Waals surface area contributed by atoms with E-state index in [-0.39, 0.29) is 0 Å². The molecule has 0 amide bonds. The lowest BCUT2D eigenvalue weighted by Crippen LogP contribution is -1.92. The lowest BCUT2D eigenvalue weighted by Gasteiger charge is -2.05. The van der Waals surface area contributed by atoms with Gasteiger partial charge in [0.2, 0.25) is 0 Å². The molecule has 0 aromatic heterocycles. The molecule has 114 valence electrons. The highest BCUT2D eigenvalue weighted by molar-refractivity contribution is 5.48. The number of hydrogen-bond acceptors (Lipinski definition) is 1. The van der Waals surface area contributed by atoms with Crippen molar-refractivity contribution in [3.63, 3.8) is 0 Å². The van der Waals surface area contributed by atoms with Crippen LogP contribution >= 0.6 is 0 Å². The molecule has 0 aliphatic rings. The quantitative estimate of drug-likeness (QED) is 0.694. The third-order valence-electron chi connectivity index (χ3n) is 3.62. The summed E-state index contributed by atoms with van der Waals surface area (Å²) in [7, 11) is 0. The number of benzene rings is 2. The first-order valence-corrected chi connectivity index (χ1v) is 8.07. The summed E-state index contributed by atoms with van der Waals surface area (Å²) >= 11 is 0. The van der Waals surface area contributed by atoms with Gasteiger partial charge in [0.1, 0.15) is 5.75 Å². The fraction of sp³-hybridized carbons (Fsp3) is 0.333. The Kier molecular flexibility index (Phi) is 6.10. The van der Waals surface area contributed by atoms with Crippen molar-refractivity contribution in [1.29, 1.82) is 0 Å². The molecule has 0 unspecified atom stereocenters. The molecule has 0 atom stereocenters. The molecule has 22 heavy (non-hydrogen) atoms. The van der Waals surface area contributed by atoms with E-state index < -0.39 is 0 Å². The molecule has 0 saturated heterocycles. The summed E-state index contributed by atoms with van der Waals surface area (Å²) in [6.07, 6.45) is 3.64. The first kappa shape index (κ1) is 16.2. The van der Waals surface area contributed by atoms with Crippen molar-refractivity contribution in [2.45, 2.75) is 40.0 Å². The van der Waals surface area contributed by atoms with Crippen molar-refractivity contribution in [2.24, 2.45) is 0 Å². The van der Waals surface area contributed by atoms with E-state index in [9.17, 15) is 0 Å². The van der Waals surface area contributed by atoms with E-state index in [1.165, 1.54) is 18.4 Å². The van der Waals surface area contributed by atoms with Gasteiger partial charge in [0.05, 0.1) is 6.61 Å². The molecule has 2 rings (SSSR count). The molecule has 0 aliphatic heterocycles. The van der Waals surface area contributed by atoms with Crippen molar-refractivity contribution >= 4 is 0 Å². The Morgan fingerprint density at radius 2 is 1.73 bits per heavy atom. The maximum absolute atomic E-state index is 5.50. The predicted octanol–water partition coefficient (Wildman–Crippen LogP) is 5.14. The average Bonchev–Trinajstić information content (AvgIpc) is 2.53. The summed E-state index contributed by atoms with van der Waals surface area (Å²) in [5.41, 5.74) is 4.66. The second-order valence-electron chi connectivity index (χ2n) is 5.46. The fourth-order valence-electron chi connectivity index (χ4n) is 2.31. The Labute approximate surface area is 134 Å². The molecule has 0 bridgehead atoms. The SMILES string of the molecule is CCCCc1ccc(C#Cc2ccc(OCC)cc2C)cc1. The number of ether oxygens (including phenoxy) is 1. The predicted molar refractivity (Wildman–Crippen MR) is 93.4 cm³/mol. The summed E-state index contributed by atoms with van der Waals surface area (Å²) in [5.74, 6) is 7.41. The van der Waals surface area contributed by atoms with Crippen LogP contribution in [0.5, 0.6) is 5.75 Å². The van der Waals surface area contributed by atoms with Crippen LogP contribution in [0.1, 0.15) is 48.9 Å². The molecule has 0 spiro atoms. The minimum absolute atomic E-state index is 0.689. The first-order chi connectivity index (χ1) is 10.7. The van der Waals surface area contributed by atoms with E-state index >= 15 is 0 Å². The van der Waals surface area contributed by atoms with Crippen molar-refractivity contribution in [3.05, 3.63) is 64.7 Å². The molecule has 0 aliphatic carbocycles. The summed E-state index contributed by atoms with van der Waals surface area (Å²) in [6.45, 7) is 6.97. The zero-order valence-corrected chi connectivity index (χ0v) is 13.8. The van der Waals surface area contributed by atoms with Crippen molar-refractivity contribution in [3.8, 4) is 17.6 Å². The van der Waals surface area contributed by atoms with Gasteiger partial charge < -0.3 is 4.74 Å². The summed E-state index contributed by atoms with van der Waals surface area (Å²) in [6, 6.07) is 14.7. The zero-order valence-electron chi connectivity index (χ0n) is 13.8. The van der Waals surface area contributed by atoms with Gasteiger partial charge >= 0.3 is 0 Å². The van der Waals surface area contributed by atoms with Crippen LogP contribution < -0.4 is 4.74 Å². The van der Waals surface area contributed by atoms with Crippen LogP contribution in [0.15, 0.2) is 42.5 Å². The summed E-state index contributed by atoms with van der Waals surface area (Å²) in [5, 5.41) is 0. The van der Waals surface area contributed by atoms with Crippen LogP contribution in [0.3, 0.4) is 0 Å². The third-order valence-corrected chi connectivity index (χ3v) is 3.62. The molecule has 1 heteroatoms. The van der Waals surface area contributed by atoms with Gasteiger partial charge in [0.15, 0.2) is 0 Å². The minimum Gasteiger partial charge on any atom is -0.494 e. The molecule has 2 aromatic rings. The lowest BCUT2D eigenvalue weighted by atomic mass is 10.1. The van der Waals surface area contributed by atoms with Crippen LogP contribution in [0.2, 0.25) is 0 Å². The van der Waals surface area contributed by atoms with Gasteiger partial charge in [-0.2, -0.15) is 0 Å². The Morgan fingerprint density at radius 1 is 0.955 bits per heavy atom. The van der Waals surface area contributed by atoms with Gasteiger partial charge in [-0.25, -0.2) is 0 Å². The highest BCUT2D eigenvalue weighted by Gasteiger charge is 1.98. The maximum atomic E-state index is 5.50. The average molecular weight is 292 g/mol. The van der Waals surface area contributed by atoms with Crippen molar-refractivity contribution in [2.75, 3.05) is 6.61 Å². The van der Waals surface area contributed by atoms with Crippen molar-refractivity contribution in [1.82, 2.24) is 0 Å². The highest BCUT2D eigenvalue weighted by Crippen LogP contribution is 2.16. The minimum atomic E-state index is 0.689.